The lowest BCUT2D eigenvalue weighted by Crippen LogP contribution is -2.64. The molecule has 18 rings (SSSR count). The summed E-state index contributed by atoms with van der Waals surface area (Å²) in [5.41, 5.74) is 8.69. The molecule has 0 aromatic heterocycles. The van der Waals surface area contributed by atoms with Crippen LogP contribution in [0, 0.1) is 36.5 Å². The van der Waals surface area contributed by atoms with Crippen LogP contribution < -0.4 is 83.0 Å². The summed E-state index contributed by atoms with van der Waals surface area (Å²) in [6, 6.07) is 6.15. The Morgan fingerprint density at radius 1 is 0.720 bits per heavy atom. The first-order chi connectivity index (χ1) is 62.7. The molecule has 712 valence electrons. The van der Waals surface area contributed by atoms with Crippen molar-refractivity contribution in [1.82, 2.24) is 52.6 Å². The van der Waals surface area contributed by atoms with Crippen LogP contribution in [0.5, 0.6) is 40.2 Å². The number of hydrogen-bond donors (Lipinski definition) is 21. The van der Waals surface area contributed by atoms with Gasteiger partial charge in [0.25, 0.3) is 0 Å². The minimum Gasteiger partial charge on any atom is -0.508 e. The van der Waals surface area contributed by atoms with Crippen LogP contribution in [0.1, 0.15) is 186 Å². The molecular formula is C92H115ClN12O26S. The molecule has 0 radical (unpaired) electrons. The maximum atomic E-state index is 16.7. The van der Waals surface area contributed by atoms with E-state index in [1.807, 2.05) is 13.8 Å². The van der Waals surface area contributed by atoms with Crippen molar-refractivity contribution in [2.24, 2.45) is 41.1 Å². The molecule has 2 saturated heterocycles. The Hall–Kier alpha value is -10.3. The zero-order valence-electron chi connectivity index (χ0n) is 73.7. The third-order valence-electron chi connectivity index (χ3n) is 26.7. The van der Waals surface area contributed by atoms with Gasteiger partial charge in [0.15, 0.2) is 23.9 Å². The second-order valence-electron chi connectivity index (χ2n) is 36.8. The van der Waals surface area contributed by atoms with E-state index in [0.29, 0.717) is 24.2 Å². The molecule has 15 bridgehead atoms. The van der Waals surface area contributed by atoms with E-state index in [-0.39, 0.29) is 110 Å². The van der Waals surface area contributed by atoms with Crippen LogP contribution >= 0.6 is 11.6 Å². The van der Waals surface area contributed by atoms with Crippen LogP contribution in [0.3, 0.4) is 0 Å². The van der Waals surface area contributed by atoms with Gasteiger partial charge < -0.3 is 138 Å². The van der Waals surface area contributed by atoms with Crippen molar-refractivity contribution in [2.75, 3.05) is 33.4 Å². The fourth-order valence-electron chi connectivity index (χ4n) is 20.0. The molecule has 6 aromatic rings. The highest BCUT2D eigenvalue weighted by Gasteiger charge is 2.55. The van der Waals surface area contributed by atoms with Crippen molar-refractivity contribution in [1.29, 1.82) is 0 Å². The molecule has 38 nitrogen and oxygen atoms in total. The first kappa shape index (κ1) is 96.3. The summed E-state index contributed by atoms with van der Waals surface area (Å²) in [5, 5.41) is 135. The number of aryl methyl sites for hydroxylation is 1. The highest BCUT2D eigenvalue weighted by molar-refractivity contribution is 7.89. The average molecular weight is 1870 g/mol. The summed E-state index contributed by atoms with van der Waals surface area (Å²) in [5.74, 6) is -14.3. The number of phenols is 1. The van der Waals surface area contributed by atoms with Crippen LogP contribution in [-0.4, -0.2) is 220 Å². The predicted octanol–water partition coefficient (Wildman–Crippen LogP) is 2.34. The lowest BCUT2D eigenvalue weighted by molar-refractivity contribution is -0.333. The number of unbranched alkanes of at least 4 members (excludes halogenated alkanes) is 2. The van der Waals surface area contributed by atoms with Crippen molar-refractivity contribution in [3.63, 3.8) is 0 Å². The highest BCUT2D eigenvalue weighted by Crippen LogP contribution is 2.57. The van der Waals surface area contributed by atoms with E-state index >= 15 is 28.8 Å². The maximum Gasteiger partial charge on any atom is 0.248 e. The number of sulfonamides is 1. The SMILES string of the molecule is CCCCCOc1ccc(S(=O)(=O)NCCNCc2c(O)cc3c4c2C(O)(O)c2ccc(cc2-4)[C@H]2NC(=O)[C@@H]4NC(=O)[C@H](CC(N)=O)NC(=O)[C@H](NC(=O)[C@@H](CC(C)C)NC)[C@H](O)c5ccc(c(C)c5)Oc5cc4cc(c5O[C@@H]4O[C@H](CO)[C@@H](O)[C@H](O)[C@H]4O[C@H]4C[C@](C)(N)[C@H](O)[C@H](C)O4)Oc4ccc(cc4Cl)[C@@H](O)[C@H](NC2=O)C(=O)N[C@@H]3C(=O)NC2C3CC4CC(C3)CC2C4)cc1. The molecular weight excluding hydrogens is 1760 g/mol. The standard InChI is InChI=1S/C92H115ClN12O26S/c1-8-9-10-23-125-51-14-16-52(17-15-51)132(123,124)98-22-21-97-38-55-60(107)35-54-68-53-31-45(11-18-56(53)92(121,122)69(55)68)71-85(116)105-75(89(120)103-73(54)87(118)100-70-48-27-43-26-44(29-48)30-49(70)28-43)77(110)47-13-20-62(57(93)32-47)128-64-34-50-33-63(80(64)131-90-81(79(112)78(111)65(39-106)129-90)130-67-37-91(6,95)82(113)42(5)126-67)127-61-19-12-46(25-41(61)4)76(109)74(104-83(114)58(96-7)24-40(2)3)88(119)99-59(36-66(94)108)84(115)101-72(50)86(117)102-71/h11-20,25,31-35,40,42-44,48-49,58-59,65,67,70-79,81-82,90,96-98,106-107,109-113,121-122H,8-10,21-24,26-30,36-39,95H2,1-7H3,(H2,94,108)(H,99,119)(H,100,118)(H,101,115)(H,102,117)(H,103,120)(H,104,114)(H,105,116)/t42-,43?,44?,48?,49?,58+,59-,65+,67-,70?,71+,72+,73-,74+,75-,76+,77+,78+,79-,81+,82+,90-,91-/m0/s1. The molecule has 4 saturated carbocycles. The molecule has 12 aliphatic rings. The van der Waals surface area contributed by atoms with E-state index in [4.69, 9.17) is 56.2 Å². The monoisotopic (exact) mass is 1870 g/mol. The number of primary amides is 1. The highest BCUT2D eigenvalue weighted by atomic mass is 35.5. The van der Waals surface area contributed by atoms with Gasteiger partial charge in [0.05, 0.1) is 47.8 Å². The topological polar surface area (TPSA) is 590 Å². The largest absolute Gasteiger partial charge is 0.508 e. The third-order valence-corrected chi connectivity index (χ3v) is 28.4. The van der Waals surface area contributed by atoms with Crippen LogP contribution in [0.2, 0.25) is 5.02 Å². The van der Waals surface area contributed by atoms with Gasteiger partial charge >= 0.3 is 0 Å². The molecule has 0 unspecified atom stereocenters. The Morgan fingerprint density at radius 2 is 1.37 bits per heavy atom. The van der Waals surface area contributed by atoms with Crippen molar-refractivity contribution in [3.8, 4) is 51.4 Å². The van der Waals surface area contributed by atoms with Gasteiger partial charge in [-0.2, -0.15) is 0 Å². The number of likely N-dealkylation sites (N-methyl/N-ethyl adjacent to an activating group) is 1. The van der Waals surface area contributed by atoms with Gasteiger partial charge in [-0.25, -0.2) is 13.1 Å². The number of fused-ring (bicyclic) bond motifs is 12. The molecule has 6 fully saturated rings. The number of hydrogen-bond acceptors (Lipinski definition) is 29. The molecule has 40 heteroatoms. The normalized spacial score (nSPS) is 30.2. The molecule has 132 heavy (non-hydrogen) atoms. The number of phenolic OH excluding ortho intramolecular Hbond substituents is 1. The Morgan fingerprint density at radius 3 is 2.02 bits per heavy atom. The number of ether oxygens (including phenoxy) is 7. The lowest BCUT2D eigenvalue weighted by atomic mass is 9.54. The summed E-state index contributed by atoms with van der Waals surface area (Å²) in [4.78, 5) is 124. The smallest absolute Gasteiger partial charge is 0.248 e. The number of carbonyl (C=O) groups excluding carboxylic acids is 8. The number of amides is 8. The minimum atomic E-state index is -4.14. The van der Waals surface area contributed by atoms with Gasteiger partial charge in [0.1, 0.15) is 89.8 Å². The molecule has 5 aliphatic carbocycles. The fourth-order valence-corrected chi connectivity index (χ4v) is 21.3. The Bertz CT molecular complexity index is 5490. The van der Waals surface area contributed by atoms with Crippen molar-refractivity contribution >= 4 is 68.9 Å². The number of carbonyl (C=O) groups is 8. The molecule has 7 aliphatic heterocycles. The van der Waals surface area contributed by atoms with Crippen LogP contribution in [0.25, 0.3) is 11.1 Å². The Kier molecular flexibility index (Phi) is 28.7. The van der Waals surface area contributed by atoms with Gasteiger partial charge in [-0.05, 0) is 220 Å². The minimum absolute atomic E-state index is 0.0148. The van der Waals surface area contributed by atoms with Gasteiger partial charge in [0.2, 0.25) is 75.1 Å². The predicted molar refractivity (Wildman–Crippen MR) is 471 cm³/mol. The van der Waals surface area contributed by atoms with Gasteiger partial charge in [-0.15, -0.1) is 0 Å². The van der Waals surface area contributed by atoms with Crippen LogP contribution in [0.15, 0.2) is 102 Å². The van der Waals surface area contributed by atoms with Crippen LogP contribution in [-0.2, 0) is 74.9 Å². The summed E-state index contributed by atoms with van der Waals surface area (Å²) >= 11 is 7.34. The van der Waals surface area contributed by atoms with Crippen molar-refractivity contribution < 1.29 is 126 Å². The van der Waals surface area contributed by atoms with Gasteiger partial charge in [0, 0.05) is 54.3 Å². The second-order valence-corrected chi connectivity index (χ2v) is 38.9. The zero-order chi connectivity index (χ0) is 94.6. The van der Waals surface area contributed by atoms with E-state index in [1.54, 1.807) is 0 Å². The fraction of sp³-hybridized carbons (Fsp3) is 0.522. The molecule has 8 amide bonds. The third kappa shape index (κ3) is 20.0. The number of halogens is 1. The molecule has 6 aromatic carbocycles. The molecule has 0 spiro atoms. The van der Waals surface area contributed by atoms with Crippen molar-refractivity contribution in [3.05, 3.63) is 152 Å². The number of nitrogens with one attached hydrogen (secondary N) is 10. The maximum absolute atomic E-state index is 16.7. The quantitative estimate of drug-likeness (QED) is 0.0274. The molecule has 18 atom stereocenters. The number of benzene rings is 6. The number of aliphatic hydroxyl groups is 8. The molecule has 7 heterocycles. The average Bonchev–Trinajstić information content (AvgIpc) is 1.54. The summed E-state index contributed by atoms with van der Waals surface area (Å²) in [6.45, 7) is 8.92. The number of aliphatic hydroxyl groups excluding tert-OH is 6. The van der Waals surface area contributed by atoms with E-state index in [1.165, 1.54) is 101 Å². The molecule has 23 N–H and O–H groups in total. The number of rotatable bonds is 26. The summed E-state index contributed by atoms with van der Waals surface area (Å²) < 4.78 is 75.1. The van der Waals surface area contributed by atoms with Crippen LogP contribution in [0.4, 0.5) is 0 Å². The van der Waals surface area contributed by atoms with Crippen molar-refractivity contribution in [2.45, 2.75) is 245 Å². The van der Waals surface area contributed by atoms with E-state index < -0.39 is 237 Å². The summed E-state index contributed by atoms with van der Waals surface area (Å²) in [6.07, 6.45) is -11.5. The first-order valence-corrected chi connectivity index (χ1v) is 46.5. The van der Waals surface area contributed by atoms with E-state index in [9.17, 15) is 64.0 Å². The Labute approximate surface area is 766 Å². The van der Waals surface area contributed by atoms with Gasteiger partial charge in [-0.1, -0.05) is 69.5 Å². The van der Waals surface area contributed by atoms with E-state index in [2.05, 4.69) is 59.5 Å². The van der Waals surface area contributed by atoms with Gasteiger partial charge in [-0.3, -0.25) is 38.4 Å². The van der Waals surface area contributed by atoms with E-state index in [0.717, 1.165) is 75.6 Å². The zero-order valence-corrected chi connectivity index (χ0v) is 75.3. The summed E-state index contributed by atoms with van der Waals surface area (Å²) in [7, 11) is -2.65. The number of aromatic hydroxyl groups is 1. The second kappa shape index (κ2) is 39.3. The number of nitrogens with two attached hydrogens (primary N) is 2. The Balaban J connectivity index is 0.895. The first-order valence-electron chi connectivity index (χ1n) is 44.6. The lowest BCUT2D eigenvalue weighted by Gasteiger charge is -2.54.